The lowest BCUT2D eigenvalue weighted by Crippen LogP contribution is -2.32. The molecule has 1 atom stereocenters. The van der Waals surface area contributed by atoms with Gasteiger partial charge in [0.15, 0.2) is 5.03 Å². The van der Waals surface area contributed by atoms with Gasteiger partial charge in [-0.3, -0.25) is 4.79 Å². The molecule has 8 heteroatoms. The Labute approximate surface area is 111 Å². The molecule has 0 saturated carbocycles. The first-order valence-corrected chi connectivity index (χ1v) is 7.37. The van der Waals surface area contributed by atoms with Crippen LogP contribution >= 0.6 is 11.6 Å². The molecule has 6 nitrogen and oxygen atoms in total. The Bertz CT molecular complexity index is 539. The average Bonchev–Trinajstić information content (AvgIpc) is 2.59. The Morgan fingerprint density at radius 1 is 1.61 bits per heavy atom. The Balaban J connectivity index is 2.83. The number of rotatable bonds is 5. The molecule has 0 aliphatic heterocycles. The van der Waals surface area contributed by atoms with Gasteiger partial charge in [0.2, 0.25) is 11.2 Å². The van der Waals surface area contributed by atoms with Crippen molar-refractivity contribution in [3.05, 3.63) is 11.5 Å². The number of amides is 1. The van der Waals surface area contributed by atoms with Crippen molar-refractivity contribution >= 4 is 27.5 Å². The second-order valence-corrected chi connectivity index (χ2v) is 6.14. The highest BCUT2D eigenvalue weighted by molar-refractivity contribution is 7.90. The first-order valence-electron chi connectivity index (χ1n) is 5.50. The summed E-state index contributed by atoms with van der Waals surface area (Å²) in [6.07, 6.45) is 2.09. The summed E-state index contributed by atoms with van der Waals surface area (Å²) >= 11 is 5.65. The third-order valence-corrected chi connectivity index (χ3v) is 4.42. The van der Waals surface area contributed by atoms with E-state index in [2.05, 4.69) is 4.98 Å². The number of carbonyl (C=O) groups excluding carboxylic acids is 1. The van der Waals surface area contributed by atoms with Gasteiger partial charge in [0.05, 0.1) is 6.20 Å². The van der Waals surface area contributed by atoms with E-state index in [9.17, 15) is 13.2 Å². The van der Waals surface area contributed by atoms with Crippen LogP contribution in [0.1, 0.15) is 26.7 Å². The van der Waals surface area contributed by atoms with Gasteiger partial charge in [-0.25, -0.2) is 9.71 Å². The maximum atomic E-state index is 11.9. The largest absolute Gasteiger partial charge is 0.307 e. The third kappa shape index (κ3) is 3.46. The van der Waals surface area contributed by atoms with Gasteiger partial charge in [0.1, 0.15) is 0 Å². The van der Waals surface area contributed by atoms with Crippen LogP contribution in [0.4, 0.5) is 0 Å². The SMILES string of the molecule is CCC(C)CC(=O)NS(=O)(=O)c1cnc(Cl)n1C. The lowest BCUT2D eigenvalue weighted by Gasteiger charge is -2.10. The van der Waals surface area contributed by atoms with E-state index in [0.717, 1.165) is 12.6 Å². The number of sulfonamides is 1. The van der Waals surface area contributed by atoms with Crippen molar-refractivity contribution in [2.75, 3.05) is 0 Å². The van der Waals surface area contributed by atoms with Gasteiger partial charge in [0, 0.05) is 13.5 Å². The summed E-state index contributed by atoms with van der Waals surface area (Å²) < 4.78 is 27.0. The molecule has 1 unspecified atom stereocenters. The van der Waals surface area contributed by atoms with Crippen molar-refractivity contribution in [2.45, 2.75) is 31.7 Å². The quantitative estimate of drug-likeness (QED) is 0.887. The molecule has 0 fully saturated rings. The van der Waals surface area contributed by atoms with Crippen LogP contribution in [0, 0.1) is 5.92 Å². The molecular weight excluding hydrogens is 278 g/mol. The van der Waals surface area contributed by atoms with Crippen LogP contribution in [0.25, 0.3) is 0 Å². The van der Waals surface area contributed by atoms with E-state index in [1.54, 1.807) is 0 Å². The fourth-order valence-electron chi connectivity index (χ4n) is 1.33. The van der Waals surface area contributed by atoms with E-state index in [1.807, 2.05) is 18.6 Å². The molecule has 0 spiro atoms. The summed E-state index contributed by atoms with van der Waals surface area (Å²) in [5.74, 6) is -0.392. The minimum atomic E-state index is -3.91. The fraction of sp³-hybridized carbons (Fsp3) is 0.600. The Hall–Kier alpha value is -1.08. The summed E-state index contributed by atoms with van der Waals surface area (Å²) in [4.78, 5) is 15.2. The van der Waals surface area contributed by atoms with Gasteiger partial charge in [-0.05, 0) is 17.5 Å². The lowest BCUT2D eigenvalue weighted by molar-refractivity contribution is -0.120. The van der Waals surface area contributed by atoms with Crippen molar-refractivity contribution in [2.24, 2.45) is 13.0 Å². The van der Waals surface area contributed by atoms with Gasteiger partial charge >= 0.3 is 0 Å². The minimum absolute atomic E-state index is 0.0461. The van der Waals surface area contributed by atoms with Gasteiger partial charge in [0.25, 0.3) is 10.0 Å². The highest BCUT2D eigenvalue weighted by Gasteiger charge is 2.23. The van der Waals surface area contributed by atoms with E-state index in [0.29, 0.717) is 0 Å². The zero-order valence-electron chi connectivity index (χ0n) is 10.5. The monoisotopic (exact) mass is 293 g/mol. The van der Waals surface area contributed by atoms with Gasteiger partial charge in [-0.1, -0.05) is 20.3 Å². The van der Waals surface area contributed by atoms with E-state index in [-0.39, 0.29) is 22.6 Å². The smallest absolute Gasteiger partial charge is 0.281 e. The van der Waals surface area contributed by atoms with E-state index in [4.69, 9.17) is 11.6 Å². The molecule has 1 N–H and O–H groups in total. The minimum Gasteiger partial charge on any atom is -0.307 e. The van der Waals surface area contributed by atoms with Crippen LogP contribution in [-0.4, -0.2) is 23.9 Å². The molecule has 1 aromatic heterocycles. The summed E-state index contributed by atoms with van der Waals surface area (Å²) in [5.41, 5.74) is 0. The Kier molecular flexibility index (Phi) is 4.75. The van der Waals surface area contributed by atoms with Gasteiger partial charge in [-0.15, -0.1) is 0 Å². The molecule has 1 heterocycles. The topological polar surface area (TPSA) is 81.1 Å². The second kappa shape index (κ2) is 5.71. The van der Waals surface area contributed by atoms with Crippen LogP contribution in [0.2, 0.25) is 5.28 Å². The highest BCUT2D eigenvalue weighted by atomic mass is 35.5. The molecule has 0 bridgehead atoms. The number of nitrogens with zero attached hydrogens (tertiary/aromatic N) is 2. The van der Waals surface area contributed by atoms with Crippen LogP contribution in [0.3, 0.4) is 0 Å². The molecule has 0 aromatic carbocycles. The number of nitrogens with one attached hydrogen (secondary N) is 1. The molecule has 0 aliphatic rings. The molecule has 1 aromatic rings. The first kappa shape index (κ1) is 15.0. The summed E-state index contributed by atoms with van der Waals surface area (Å²) in [5, 5.41) is -0.0882. The van der Waals surface area contributed by atoms with Crippen LogP contribution in [-0.2, 0) is 21.9 Å². The number of imidazole rings is 1. The number of hydrogen-bond donors (Lipinski definition) is 1. The van der Waals surface area contributed by atoms with E-state index in [1.165, 1.54) is 11.6 Å². The van der Waals surface area contributed by atoms with Crippen LogP contribution in [0.15, 0.2) is 11.2 Å². The normalized spacial score (nSPS) is 13.3. The van der Waals surface area contributed by atoms with E-state index >= 15 is 0 Å². The number of aromatic nitrogens is 2. The Morgan fingerprint density at radius 2 is 2.22 bits per heavy atom. The average molecular weight is 294 g/mol. The van der Waals surface area contributed by atoms with E-state index < -0.39 is 15.9 Å². The fourth-order valence-corrected chi connectivity index (χ4v) is 2.64. The predicted molar refractivity (Wildman–Crippen MR) is 67.6 cm³/mol. The molecule has 102 valence electrons. The van der Waals surface area contributed by atoms with Crippen molar-refractivity contribution in [1.29, 1.82) is 0 Å². The number of hydrogen-bond acceptors (Lipinski definition) is 4. The van der Waals surface area contributed by atoms with Crippen molar-refractivity contribution in [1.82, 2.24) is 14.3 Å². The molecule has 1 rings (SSSR count). The summed E-state index contributed by atoms with van der Waals surface area (Å²) in [6.45, 7) is 3.82. The first-order chi connectivity index (χ1) is 8.27. The zero-order valence-corrected chi connectivity index (χ0v) is 12.0. The molecule has 0 aliphatic carbocycles. The van der Waals surface area contributed by atoms with Crippen molar-refractivity contribution in [3.63, 3.8) is 0 Å². The molecule has 0 radical (unpaired) electrons. The maximum Gasteiger partial charge on any atom is 0.281 e. The summed E-state index contributed by atoms with van der Waals surface area (Å²) in [7, 11) is -2.45. The maximum absolute atomic E-state index is 11.9. The molecule has 1 amide bonds. The van der Waals surface area contributed by atoms with Gasteiger partial charge < -0.3 is 4.57 Å². The highest BCUT2D eigenvalue weighted by Crippen LogP contribution is 2.14. The zero-order chi connectivity index (χ0) is 13.9. The van der Waals surface area contributed by atoms with Gasteiger partial charge in [-0.2, -0.15) is 8.42 Å². The molecule has 0 saturated heterocycles. The lowest BCUT2D eigenvalue weighted by atomic mass is 10.1. The van der Waals surface area contributed by atoms with Crippen LogP contribution < -0.4 is 4.72 Å². The van der Waals surface area contributed by atoms with Crippen molar-refractivity contribution < 1.29 is 13.2 Å². The number of halogens is 1. The number of carbonyl (C=O) groups is 1. The summed E-state index contributed by atoms with van der Waals surface area (Å²) in [6, 6.07) is 0. The molecular formula is C10H16ClN3O3S. The second-order valence-electron chi connectivity index (χ2n) is 4.17. The standard InChI is InChI=1S/C10H16ClN3O3S/c1-4-7(2)5-8(15)13-18(16,17)9-6-12-10(11)14(9)3/h6-7H,4-5H2,1-3H3,(H,13,15). The van der Waals surface area contributed by atoms with Crippen LogP contribution in [0.5, 0.6) is 0 Å². The predicted octanol–water partition coefficient (Wildman–Crippen LogP) is 1.31. The van der Waals surface area contributed by atoms with Crippen molar-refractivity contribution in [3.8, 4) is 0 Å². The molecule has 18 heavy (non-hydrogen) atoms. The Morgan fingerprint density at radius 3 is 2.67 bits per heavy atom. The third-order valence-electron chi connectivity index (χ3n) is 2.64.